The summed E-state index contributed by atoms with van der Waals surface area (Å²) in [5, 5.41) is 4.85. The van der Waals surface area contributed by atoms with Crippen LogP contribution in [-0.4, -0.2) is 16.7 Å². The van der Waals surface area contributed by atoms with Crippen LogP contribution >= 0.6 is 0 Å². The van der Waals surface area contributed by atoms with Gasteiger partial charge in [-0.1, -0.05) is 78.9 Å². The highest BCUT2D eigenvalue weighted by atomic mass is 19.1. The lowest BCUT2D eigenvalue weighted by Gasteiger charge is -2.10. The summed E-state index contributed by atoms with van der Waals surface area (Å²) in [6.07, 6.45) is 0. The van der Waals surface area contributed by atoms with Gasteiger partial charge in [-0.25, -0.2) is 4.39 Å². The first-order chi connectivity index (χ1) is 17.0. The molecule has 0 aliphatic carbocycles. The van der Waals surface area contributed by atoms with Crippen molar-refractivity contribution in [1.29, 1.82) is 0 Å². The Labute approximate surface area is 201 Å². The molecule has 1 amide bonds. The second-order valence-electron chi connectivity index (χ2n) is 8.23. The molecule has 0 spiro atoms. The second-order valence-corrected chi connectivity index (χ2v) is 8.23. The standard InChI is InChI=1S/C29H22FN3O2/c30-23-14-10-18(11-15-23)17-32-29(35)25-24(22-13-12-19-6-4-5-9-21(19)16-22)26(33-28(25)31)27(34)20-7-2-1-3-8-20/h1-16,33H,17,31H2,(H,32,35). The number of aromatic nitrogens is 1. The van der Waals surface area contributed by atoms with Gasteiger partial charge in [0.05, 0.1) is 11.3 Å². The van der Waals surface area contributed by atoms with Crippen LogP contribution in [0.25, 0.3) is 21.9 Å². The van der Waals surface area contributed by atoms with Crippen LogP contribution in [0.2, 0.25) is 0 Å². The van der Waals surface area contributed by atoms with Gasteiger partial charge in [-0.15, -0.1) is 0 Å². The highest BCUT2D eigenvalue weighted by Gasteiger charge is 2.27. The lowest BCUT2D eigenvalue weighted by molar-refractivity contribution is 0.0952. The van der Waals surface area contributed by atoms with Crippen molar-refractivity contribution in [1.82, 2.24) is 10.3 Å². The molecule has 0 aliphatic rings. The van der Waals surface area contributed by atoms with Crippen LogP contribution in [0.1, 0.15) is 32.0 Å². The maximum absolute atomic E-state index is 13.4. The molecule has 5 nitrogen and oxygen atoms in total. The molecule has 5 rings (SSSR count). The van der Waals surface area contributed by atoms with Crippen LogP contribution in [-0.2, 0) is 6.54 Å². The number of hydrogen-bond donors (Lipinski definition) is 3. The number of nitrogen functional groups attached to an aromatic ring is 1. The van der Waals surface area contributed by atoms with Gasteiger partial charge in [-0.2, -0.15) is 0 Å². The molecule has 172 valence electrons. The Balaban J connectivity index is 1.60. The normalized spacial score (nSPS) is 10.9. The van der Waals surface area contributed by atoms with Crippen molar-refractivity contribution in [2.45, 2.75) is 6.54 Å². The smallest absolute Gasteiger partial charge is 0.255 e. The number of aromatic amines is 1. The quantitative estimate of drug-likeness (QED) is 0.282. The number of ketones is 1. The monoisotopic (exact) mass is 463 g/mol. The second kappa shape index (κ2) is 9.27. The zero-order chi connectivity index (χ0) is 24.4. The predicted octanol–water partition coefficient (Wildman–Crippen LogP) is 5.72. The lowest BCUT2D eigenvalue weighted by Crippen LogP contribution is -2.24. The number of rotatable bonds is 6. The Morgan fingerprint density at radius 3 is 2.26 bits per heavy atom. The molecule has 0 fully saturated rings. The number of nitrogens with two attached hydrogens (primary N) is 1. The molecule has 0 bridgehead atoms. The summed E-state index contributed by atoms with van der Waals surface area (Å²) in [5.41, 5.74) is 9.08. The van der Waals surface area contributed by atoms with Crippen molar-refractivity contribution in [3.8, 4) is 11.1 Å². The lowest BCUT2D eigenvalue weighted by atomic mass is 9.94. The minimum Gasteiger partial charge on any atom is -0.385 e. The van der Waals surface area contributed by atoms with Gasteiger partial charge in [-0.05, 0) is 40.1 Å². The van der Waals surface area contributed by atoms with Gasteiger partial charge in [0.1, 0.15) is 11.6 Å². The molecule has 35 heavy (non-hydrogen) atoms. The fourth-order valence-electron chi connectivity index (χ4n) is 4.17. The highest BCUT2D eigenvalue weighted by molar-refractivity contribution is 6.17. The summed E-state index contributed by atoms with van der Waals surface area (Å²) < 4.78 is 13.2. The number of H-pyrrole nitrogens is 1. The molecule has 4 N–H and O–H groups in total. The van der Waals surface area contributed by atoms with E-state index in [1.54, 1.807) is 36.4 Å². The Morgan fingerprint density at radius 2 is 1.51 bits per heavy atom. The van der Waals surface area contributed by atoms with E-state index in [4.69, 9.17) is 5.73 Å². The van der Waals surface area contributed by atoms with Crippen molar-refractivity contribution in [2.75, 3.05) is 5.73 Å². The summed E-state index contributed by atoms with van der Waals surface area (Å²) in [7, 11) is 0. The Bertz CT molecular complexity index is 1540. The van der Waals surface area contributed by atoms with Crippen LogP contribution in [0.3, 0.4) is 0 Å². The Morgan fingerprint density at radius 1 is 0.829 bits per heavy atom. The van der Waals surface area contributed by atoms with Crippen molar-refractivity contribution in [3.05, 3.63) is 125 Å². The minimum atomic E-state index is -0.432. The predicted molar refractivity (Wildman–Crippen MR) is 136 cm³/mol. The number of nitrogens with one attached hydrogen (secondary N) is 2. The first-order valence-corrected chi connectivity index (χ1v) is 11.1. The molecule has 0 aliphatic heterocycles. The van der Waals surface area contributed by atoms with Gasteiger partial charge in [0.15, 0.2) is 0 Å². The molecule has 1 heterocycles. The fraction of sp³-hybridized carbons (Fsp3) is 0.0345. The number of amides is 1. The number of carbonyl (C=O) groups is 2. The molecular formula is C29H22FN3O2. The first kappa shape index (κ1) is 22.1. The van der Waals surface area contributed by atoms with E-state index in [1.807, 2.05) is 48.5 Å². The maximum atomic E-state index is 13.4. The number of hydrogen-bond acceptors (Lipinski definition) is 3. The van der Waals surface area contributed by atoms with E-state index in [9.17, 15) is 14.0 Å². The zero-order valence-corrected chi connectivity index (χ0v) is 18.7. The van der Waals surface area contributed by atoms with Crippen LogP contribution in [0.4, 0.5) is 10.2 Å². The van der Waals surface area contributed by atoms with E-state index in [2.05, 4.69) is 10.3 Å². The van der Waals surface area contributed by atoms with E-state index in [0.717, 1.165) is 16.3 Å². The SMILES string of the molecule is Nc1[nH]c(C(=O)c2ccccc2)c(-c2ccc3ccccc3c2)c1C(=O)NCc1ccc(F)cc1. The van der Waals surface area contributed by atoms with Gasteiger partial charge < -0.3 is 16.0 Å². The maximum Gasteiger partial charge on any atom is 0.255 e. The van der Waals surface area contributed by atoms with E-state index < -0.39 is 5.91 Å². The zero-order valence-electron chi connectivity index (χ0n) is 18.7. The number of halogens is 1. The summed E-state index contributed by atoms with van der Waals surface area (Å²) in [6.45, 7) is 0.183. The summed E-state index contributed by atoms with van der Waals surface area (Å²) in [6, 6.07) is 28.3. The van der Waals surface area contributed by atoms with E-state index in [0.29, 0.717) is 16.7 Å². The van der Waals surface area contributed by atoms with Crippen LogP contribution in [0, 0.1) is 5.82 Å². The van der Waals surface area contributed by atoms with Crippen molar-refractivity contribution in [3.63, 3.8) is 0 Å². The average Bonchev–Trinajstić information content (AvgIpc) is 3.25. The van der Waals surface area contributed by atoms with Crippen LogP contribution in [0.5, 0.6) is 0 Å². The number of benzene rings is 4. The van der Waals surface area contributed by atoms with E-state index >= 15 is 0 Å². The van der Waals surface area contributed by atoms with Gasteiger partial charge in [0.2, 0.25) is 5.78 Å². The number of fused-ring (bicyclic) bond motifs is 1. The molecule has 1 aromatic heterocycles. The highest BCUT2D eigenvalue weighted by Crippen LogP contribution is 2.35. The summed E-state index contributed by atoms with van der Waals surface area (Å²) in [5.74, 6) is -0.946. The Kier molecular flexibility index (Phi) is 5.85. The molecule has 6 heteroatoms. The third-order valence-corrected chi connectivity index (χ3v) is 5.92. The van der Waals surface area contributed by atoms with Gasteiger partial charge in [-0.3, -0.25) is 9.59 Å². The Hall–Kier alpha value is -4.71. The van der Waals surface area contributed by atoms with Gasteiger partial charge >= 0.3 is 0 Å². The molecule has 4 aromatic carbocycles. The van der Waals surface area contributed by atoms with Crippen molar-refractivity contribution in [2.24, 2.45) is 0 Å². The fourth-order valence-corrected chi connectivity index (χ4v) is 4.17. The molecule has 0 unspecified atom stereocenters. The molecule has 0 atom stereocenters. The topological polar surface area (TPSA) is 88.0 Å². The molecule has 0 radical (unpaired) electrons. The largest absolute Gasteiger partial charge is 0.385 e. The van der Waals surface area contributed by atoms with Crippen LogP contribution < -0.4 is 11.1 Å². The third kappa shape index (κ3) is 4.42. The van der Waals surface area contributed by atoms with Gasteiger partial charge in [0, 0.05) is 17.7 Å². The molecule has 0 saturated carbocycles. The minimum absolute atomic E-state index is 0.101. The van der Waals surface area contributed by atoms with E-state index in [1.165, 1.54) is 12.1 Å². The molecular weight excluding hydrogens is 441 g/mol. The summed E-state index contributed by atoms with van der Waals surface area (Å²) in [4.78, 5) is 29.8. The van der Waals surface area contributed by atoms with Crippen molar-refractivity contribution >= 4 is 28.3 Å². The molecule has 5 aromatic rings. The average molecular weight is 464 g/mol. The third-order valence-electron chi connectivity index (χ3n) is 5.92. The van der Waals surface area contributed by atoms with Crippen LogP contribution in [0.15, 0.2) is 97.1 Å². The molecule has 0 saturated heterocycles. The van der Waals surface area contributed by atoms with Crippen molar-refractivity contribution < 1.29 is 14.0 Å². The van der Waals surface area contributed by atoms with E-state index in [-0.39, 0.29) is 35.2 Å². The number of carbonyl (C=O) groups excluding carboxylic acids is 2. The summed E-state index contributed by atoms with van der Waals surface area (Å²) >= 11 is 0. The number of anilines is 1. The van der Waals surface area contributed by atoms with Gasteiger partial charge in [0.25, 0.3) is 5.91 Å². The first-order valence-electron chi connectivity index (χ1n) is 11.1.